The van der Waals surface area contributed by atoms with Crippen molar-refractivity contribution in [1.29, 1.82) is 0 Å². The Labute approximate surface area is 149 Å². The van der Waals surface area contributed by atoms with Crippen molar-refractivity contribution in [2.45, 2.75) is 32.3 Å². The van der Waals surface area contributed by atoms with Crippen molar-refractivity contribution in [2.75, 3.05) is 45.9 Å². The minimum Gasteiger partial charge on any atom is -0.491 e. The van der Waals surface area contributed by atoms with Crippen LogP contribution in [0.5, 0.6) is 5.75 Å². The lowest BCUT2D eigenvalue weighted by Gasteiger charge is -2.32. The molecule has 0 bridgehead atoms. The number of nitrogens with zero attached hydrogens (tertiary/aromatic N) is 1. The number of aryl methyl sites for hydroxylation is 2. The Kier molecular flexibility index (Phi) is 6.15. The number of benzene rings is 1. The molecular formula is C19H29N2O4+. The van der Waals surface area contributed by atoms with Crippen LogP contribution in [0.15, 0.2) is 18.2 Å². The second-order valence-corrected chi connectivity index (χ2v) is 6.89. The molecule has 1 heterocycles. The van der Waals surface area contributed by atoms with Crippen molar-refractivity contribution in [3.8, 4) is 5.75 Å². The minimum absolute atomic E-state index is 0.234. The fraction of sp³-hybridized carbons (Fsp3) is 0.632. The predicted octanol–water partition coefficient (Wildman–Crippen LogP) is 0.272. The van der Waals surface area contributed by atoms with E-state index in [1.165, 1.54) is 28.9 Å². The Hall–Kier alpha value is -1.79. The third kappa shape index (κ3) is 4.86. The molecule has 1 unspecified atom stereocenters. The van der Waals surface area contributed by atoms with E-state index in [4.69, 9.17) is 9.47 Å². The molecule has 6 nitrogen and oxygen atoms in total. The highest BCUT2D eigenvalue weighted by atomic mass is 16.6. The van der Waals surface area contributed by atoms with Gasteiger partial charge in [-0.25, -0.2) is 4.79 Å². The molecule has 0 spiro atoms. The van der Waals surface area contributed by atoms with Crippen LogP contribution in [0, 0.1) is 0 Å². The monoisotopic (exact) mass is 349 g/mol. The molecule has 0 saturated carbocycles. The van der Waals surface area contributed by atoms with Gasteiger partial charge in [-0.3, -0.25) is 4.90 Å². The van der Waals surface area contributed by atoms with Gasteiger partial charge in [0, 0.05) is 0 Å². The zero-order chi connectivity index (χ0) is 17.6. The fourth-order valence-electron chi connectivity index (χ4n) is 3.65. The van der Waals surface area contributed by atoms with Crippen LogP contribution >= 0.6 is 0 Å². The zero-order valence-electron chi connectivity index (χ0n) is 15.0. The summed E-state index contributed by atoms with van der Waals surface area (Å²) < 4.78 is 10.8. The maximum absolute atomic E-state index is 11.7. The van der Waals surface area contributed by atoms with Crippen LogP contribution in [-0.4, -0.2) is 68.1 Å². The minimum atomic E-state index is -0.502. The number of hydrogen-bond acceptors (Lipinski definition) is 4. The third-order valence-corrected chi connectivity index (χ3v) is 5.03. The third-order valence-electron chi connectivity index (χ3n) is 5.03. The van der Waals surface area contributed by atoms with Crippen molar-refractivity contribution in [2.24, 2.45) is 0 Å². The summed E-state index contributed by atoms with van der Waals surface area (Å²) in [5, 5.41) is 10.3. The summed E-state index contributed by atoms with van der Waals surface area (Å²) in [5.41, 5.74) is 2.81. The molecule has 1 aliphatic heterocycles. The number of aliphatic hydroxyl groups is 1. The van der Waals surface area contributed by atoms with Crippen LogP contribution in [0.2, 0.25) is 0 Å². The lowest BCUT2D eigenvalue weighted by atomic mass is 10.1. The molecule has 2 aliphatic rings. The number of aliphatic hydroxyl groups excluding tert-OH is 1. The van der Waals surface area contributed by atoms with Gasteiger partial charge >= 0.3 is 6.09 Å². The maximum atomic E-state index is 11.7. The summed E-state index contributed by atoms with van der Waals surface area (Å²) in [6.45, 7) is 6.18. The number of nitrogens with one attached hydrogen (secondary N) is 1. The normalized spacial score (nSPS) is 18.7. The zero-order valence-corrected chi connectivity index (χ0v) is 15.0. The summed E-state index contributed by atoms with van der Waals surface area (Å²) in [4.78, 5) is 14.7. The number of hydrogen-bond donors (Lipinski definition) is 2. The average molecular weight is 349 g/mol. The number of ether oxygens (including phenoxy) is 2. The van der Waals surface area contributed by atoms with E-state index in [1.807, 2.05) is 13.0 Å². The standard InChI is InChI=1S/C19H28N2O4/c1-2-24-19(23)21-10-8-20(9-11-21)13-17(22)14-25-18-7-6-15-4-3-5-16(15)12-18/h6-7,12,17,22H,2-5,8-11,13-14H2,1H3/p+1. The summed E-state index contributed by atoms with van der Waals surface area (Å²) in [6.07, 6.45) is 2.78. The van der Waals surface area contributed by atoms with Gasteiger partial charge in [0.15, 0.2) is 0 Å². The number of fused-ring (bicyclic) bond motifs is 1. The number of rotatable bonds is 6. The summed E-state index contributed by atoms with van der Waals surface area (Å²) in [6, 6.07) is 6.26. The maximum Gasteiger partial charge on any atom is 0.410 e. The van der Waals surface area contributed by atoms with Crippen molar-refractivity contribution >= 4 is 6.09 Å². The predicted molar refractivity (Wildman–Crippen MR) is 94.1 cm³/mol. The summed E-state index contributed by atoms with van der Waals surface area (Å²) >= 11 is 0. The van der Waals surface area contributed by atoms with E-state index >= 15 is 0 Å². The van der Waals surface area contributed by atoms with Crippen LogP contribution in [0.3, 0.4) is 0 Å². The SMILES string of the molecule is CCOC(=O)N1CC[NH+](CC(O)COc2ccc3c(c2)CCC3)CC1. The highest BCUT2D eigenvalue weighted by Crippen LogP contribution is 2.25. The molecule has 138 valence electrons. The molecule has 25 heavy (non-hydrogen) atoms. The molecule has 6 heteroatoms. The van der Waals surface area contributed by atoms with Crippen LogP contribution in [0.1, 0.15) is 24.5 Å². The van der Waals surface area contributed by atoms with Crippen molar-refractivity contribution < 1.29 is 24.3 Å². The van der Waals surface area contributed by atoms with Gasteiger partial charge in [-0.05, 0) is 49.4 Å². The van der Waals surface area contributed by atoms with E-state index in [9.17, 15) is 9.90 Å². The van der Waals surface area contributed by atoms with Gasteiger partial charge in [0.2, 0.25) is 0 Å². The molecule has 0 aromatic heterocycles. The molecule has 1 atom stereocenters. The first-order valence-electron chi connectivity index (χ1n) is 9.33. The smallest absolute Gasteiger partial charge is 0.410 e. The van der Waals surface area contributed by atoms with E-state index < -0.39 is 6.10 Å². The molecule has 1 aliphatic carbocycles. The highest BCUT2D eigenvalue weighted by Gasteiger charge is 2.26. The lowest BCUT2D eigenvalue weighted by Crippen LogP contribution is -3.16. The molecule has 2 N–H and O–H groups in total. The van der Waals surface area contributed by atoms with Gasteiger partial charge in [-0.15, -0.1) is 0 Å². The summed E-state index contributed by atoms with van der Waals surface area (Å²) in [7, 11) is 0. The van der Waals surface area contributed by atoms with Gasteiger partial charge in [0.1, 0.15) is 25.0 Å². The second kappa shape index (κ2) is 8.54. The Bertz CT molecular complexity index is 585. The van der Waals surface area contributed by atoms with Crippen molar-refractivity contribution in [3.05, 3.63) is 29.3 Å². The van der Waals surface area contributed by atoms with E-state index in [0.29, 0.717) is 32.8 Å². The molecule has 0 radical (unpaired) electrons. The number of amides is 1. The van der Waals surface area contributed by atoms with Crippen LogP contribution < -0.4 is 9.64 Å². The first-order chi connectivity index (χ1) is 12.2. The van der Waals surface area contributed by atoms with Crippen LogP contribution in [-0.2, 0) is 17.6 Å². The molecular weight excluding hydrogens is 320 g/mol. The van der Waals surface area contributed by atoms with E-state index in [2.05, 4.69) is 12.1 Å². The Morgan fingerprint density at radius 2 is 2.04 bits per heavy atom. The van der Waals surface area contributed by atoms with Gasteiger partial charge in [0.25, 0.3) is 0 Å². The number of piperazine rings is 1. The van der Waals surface area contributed by atoms with Crippen LogP contribution in [0.25, 0.3) is 0 Å². The number of carbonyl (C=O) groups is 1. The van der Waals surface area contributed by atoms with Crippen molar-refractivity contribution in [3.63, 3.8) is 0 Å². The molecule has 1 fully saturated rings. The Balaban J connectivity index is 1.38. The molecule has 3 rings (SSSR count). The molecule has 1 saturated heterocycles. The lowest BCUT2D eigenvalue weighted by molar-refractivity contribution is -0.907. The first kappa shape index (κ1) is 18.0. The second-order valence-electron chi connectivity index (χ2n) is 6.89. The van der Waals surface area contributed by atoms with Gasteiger partial charge in [0.05, 0.1) is 32.8 Å². The topological polar surface area (TPSA) is 63.4 Å². The summed E-state index contributed by atoms with van der Waals surface area (Å²) in [5.74, 6) is 0.849. The quantitative estimate of drug-likeness (QED) is 0.774. The van der Waals surface area contributed by atoms with E-state index in [0.717, 1.165) is 25.3 Å². The fourth-order valence-corrected chi connectivity index (χ4v) is 3.65. The van der Waals surface area contributed by atoms with Crippen molar-refractivity contribution in [1.82, 2.24) is 4.90 Å². The van der Waals surface area contributed by atoms with E-state index in [1.54, 1.807) is 4.90 Å². The Morgan fingerprint density at radius 3 is 2.80 bits per heavy atom. The molecule has 1 aromatic rings. The largest absolute Gasteiger partial charge is 0.491 e. The molecule has 1 aromatic carbocycles. The first-order valence-corrected chi connectivity index (χ1v) is 9.33. The van der Waals surface area contributed by atoms with Gasteiger partial charge < -0.3 is 19.5 Å². The van der Waals surface area contributed by atoms with Gasteiger partial charge in [-0.2, -0.15) is 0 Å². The average Bonchev–Trinajstić information content (AvgIpc) is 3.08. The van der Waals surface area contributed by atoms with Gasteiger partial charge in [-0.1, -0.05) is 6.07 Å². The Morgan fingerprint density at radius 1 is 1.28 bits per heavy atom. The number of quaternary nitrogens is 1. The number of carbonyl (C=O) groups excluding carboxylic acids is 1. The van der Waals surface area contributed by atoms with Crippen LogP contribution in [0.4, 0.5) is 4.79 Å². The van der Waals surface area contributed by atoms with E-state index in [-0.39, 0.29) is 6.09 Å². The highest BCUT2D eigenvalue weighted by molar-refractivity contribution is 5.67. The molecule has 1 amide bonds.